The van der Waals surface area contributed by atoms with Gasteiger partial charge in [-0.15, -0.1) is 0 Å². The molecule has 0 spiro atoms. The Hall–Kier alpha value is 0.350. The lowest BCUT2D eigenvalue weighted by Gasteiger charge is -2.49. The molecule has 0 N–H and O–H groups in total. The first-order valence-electron chi connectivity index (χ1n) is 4.55. The molecule has 0 amide bonds. The molecule has 0 aromatic heterocycles. The molecule has 2 aliphatic carbocycles. The maximum atomic E-state index is 2.31. The molecule has 0 aromatic rings. The molecular formula is C9H14S. The fourth-order valence-corrected chi connectivity index (χ4v) is 5.30. The van der Waals surface area contributed by atoms with Gasteiger partial charge in [0.25, 0.3) is 0 Å². The molecule has 4 rings (SSSR count). The second-order valence-corrected chi connectivity index (χ2v) is 5.90. The van der Waals surface area contributed by atoms with Crippen LogP contribution in [0.2, 0.25) is 0 Å². The van der Waals surface area contributed by atoms with Crippen LogP contribution in [-0.4, -0.2) is 10.5 Å². The van der Waals surface area contributed by atoms with Crippen molar-refractivity contribution in [2.45, 2.75) is 42.6 Å². The van der Waals surface area contributed by atoms with Crippen molar-refractivity contribution in [1.29, 1.82) is 0 Å². The van der Waals surface area contributed by atoms with Crippen LogP contribution in [0.25, 0.3) is 0 Å². The molecule has 2 aliphatic heterocycles. The monoisotopic (exact) mass is 154 g/mol. The summed E-state index contributed by atoms with van der Waals surface area (Å²) < 4.78 is 0. The van der Waals surface area contributed by atoms with Crippen molar-refractivity contribution in [2.24, 2.45) is 11.8 Å². The van der Waals surface area contributed by atoms with Crippen LogP contribution in [0.4, 0.5) is 0 Å². The van der Waals surface area contributed by atoms with E-state index in [1.54, 1.807) is 32.1 Å². The van der Waals surface area contributed by atoms with E-state index in [4.69, 9.17) is 0 Å². The molecule has 4 fully saturated rings. The lowest BCUT2D eigenvalue weighted by atomic mass is 9.71. The zero-order valence-corrected chi connectivity index (χ0v) is 7.07. The third kappa shape index (κ3) is 0.761. The summed E-state index contributed by atoms with van der Waals surface area (Å²) in [6, 6.07) is 0. The van der Waals surface area contributed by atoms with Gasteiger partial charge in [-0.05, 0) is 43.9 Å². The minimum absolute atomic E-state index is 1.09. The average molecular weight is 154 g/mol. The van der Waals surface area contributed by atoms with Crippen molar-refractivity contribution in [3.63, 3.8) is 0 Å². The summed E-state index contributed by atoms with van der Waals surface area (Å²) in [5.41, 5.74) is 0. The Morgan fingerprint density at radius 1 is 0.700 bits per heavy atom. The van der Waals surface area contributed by atoms with Gasteiger partial charge in [0.2, 0.25) is 0 Å². The highest BCUT2D eigenvalue weighted by atomic mass is 32.2. The second kappa shape index (κ2) is 1.94. The molecular weight excluding hydrogens is 140 g/mol. The van der Waals surface area contributed by atoms with E-state index >= 15 is 0 Å². The lowest BCUT2D eigenvalue weighted by Crippen LogP contribution is -2.40. The van der Waals surface area contributed by atoms with Crippen molar-refractivity contribution in [3.8, 4) is 0 Å². The van der Waals surface area contributed by atoms with Crippen LogP contribution in [0.1, 0.15) is 32.1 Å². The molecule has 4 aliphatic rings. The summed E-state index contributed by atoms with van der Waals surface area (Å²) in [5.74, 6) is 2.31. The van der Waals surface area contributed by atoms with Crippen LogP contribution in [0.5, 0.6) is 0 Å². The molecule has 0 aromatic carbocycles. The lowest BCUT2D eigenvalue weighted by molar-refractivity contribution is 0.185. The fourth-order valence-electron chi connectivity index (χ4n) is 3.22. The third-order valence-electron chi connectivity index (χ3n) is 3.44. The first-order valence-corrected chi connectivity index (χ1v) is 5.50. The van der Waals surface area contributed by atoms with Crippen molar-refractivity contribution in [3.05, 3.63) is 0 Å². The van der Waals surface area contributed by atoms with Gasteiger partial charge >= 0.3 is 0 Å². The second-order valence-electron chi connectivity index (χ2n) is 4.29. The SMILES string of the molecule is C1C2CC3CC1CC(C2)S3. The first-order chi connectivity index (χ1) is 4.90. The van der Waals surface area contributed by atoms with E-state index in [0.717, 1.165) is 22.3 Å². The first kappa shape index (κ1) is 5.93. The standard InChI is InChI=1S/C9H14S/c1-6-2-8-4-7(1)5-9(3-6)10-8/h6-9H,1-5H2. The highest BCUT2D eigenvalue weighted by molar-refractivity contribution is 8.00. The maximum Gasteiger partial charge on any atom is 0.00551 e. The quantitative estimate of drug-likeness (QED) is 0.517. The Balaban J connectivity index is 1.90. The van der Waals surface area contributed by atoms with E-state index < -0.39 is 0 Å². The van der Waals surface area contributed by atoms with Gasteiger partial charge in [0.15, 0.2) is 0 Å². The maximum absolute atomic E-state index is 2.31. The molecule has 2 saturated heterocycles. The summed E-state index contributed by atoms with van der Waals surface area (Å²) >= 11 is 2.31. The summed E-state index contributed by atoms with van der Waals surface area (Å²) in [6.45, 7) is 0. The number of thioether (sulfide) groups is 1. The van der Waals surface area contributed by atoms with Crippen LogP contribution < -0.4 is 0 Å². The van der Waals surface area contributed by atoms with E-state index in [0.29, 0.717) is 0 Å². The normalized spacial score (nSPS) is 57.6. The molecule has 4 bridgehead atoms. The Morgan fingerprint density at radius 3 is 1.60 bits per heavy atom. The molecule has 0 nitrogen and oxygen atoms in total. The summed E-state index contributed by atoms with van der Waals surface area (Å²) in [4.78, 5) is 0. The molecule has 10 heavy (non-hydrogen) atoms. The van der Waals surface area contributed by atoms with E-state index in [2.05, 4.69) is 11.8 Å². The van der Waals surface area contributed by atoms with Crippen LogP contribution in [-0.2, 0) is 0 Å². The van der Waals surface area contributed by atoms with Crippen molar-refractivity contribution < 1.29 is 0 Å². The van der Waals surface area contributed by atoms with Crippen molar-refractivity contribution >= 4 is 11.8 Å². The minimum Gasteiger partial charge on any atom is -0.155 e. The molecule has 0 radical (unpaired) electrons. The highest BCUT2D eigenvalue weighted by Crippen LogP contribution is 2.53. The van der Waals surface area contributed by atoms with Crippen LogP contribution in [0.3, 0.4) is 0 Å². The zero-order chi connectivity index (χ0) is 6.55. The molecule has 2 saturated carbocycles. The molecule has 0 atom stereocenters. The van der Waals surface area contributed by atoms with E-state index in [9.17, 15) is 0 Å². The summed E-state index contributed by atoms with van der Waals surface area (Å²) in [7, 11) is 0. The van der Waals surface area contributed by atoms with Gasteiger partial charge in [-0.1, -0.05) is 0 Å². The van der Waals surface area contributed by atoms with Crippen molar-refractivity contribution in [1.82, 2.24) is 0 Å². The minimum atomic E-state index is 1.09. The van der Waals surface area contributed by atoms with E-state index in [-0.39, 0.29) is 0 Å². The highest BCUT2D eigenvalue weighted by Gasteiger charge is 2.42. The Morgan fingerprint density at radius 2 is 1.20 bits per heavy atom. The van der Waals surface area contributed by atoms with Crippen LogP contribution in [0.15, 0.2) is 0 Å². The third-order valence-corrected chi connectivity index (χ3v) is 4.98. The van der Waals surface area contributed by atoms with Crippen molar-refractivity contribution in [2.75, 3.05) is 0 Å². The summed E-state index contributed by atoms with van der Waals surface area (Å²) in [6.07, 6.45) is 7.86. The largest absolute Gasteiger partial charge is 0.155 e. The topological polar surface area (TPSA) is 0 Å². The zero-order valence-electron chi connectivity index (χ0n) is 6.25. The van der Waals surface area contributed by atoms with Gasteiger partial charge in [-0.2, -0.15) is 11.8 Å². The predicted molar refractivity (Wildman–Crippen MR) is 45.2 cm³/mol. The Kier molecular flexibility index (Phi) is 1.15. The van der Waals surface area contributed by atoms with Crippen LogP contribution in [0, 0.1) is 11.8 Å². The fraction of sp³-hybridized carbons (Fsp3) is 1.00. The molecule has 56 valence electrons. The number of hydrogen-bond acceptors (Lipinski definition) is 1. The number of rotatable bonds is 0. The average Bonchev–Trinajstić information content (AvgIpc) is 1.82. The van der Waals surface area contributed by atoms with E-state index in [1.165, 1.54) is 0 Å². The van der Waals surface area contributed by atoms with Gasteiger partial charge < -0.3 is 0 Å². The predicted octanol–water partition coefficient (Wildman–Crippen LogP) is 2.68. The van der Waals surface area contributed by atoms with Crippen LogP contribution >= 0.6 is 11.8 Å². The summed E-state index contributed by atoms with van der Waals surface area (Å²) in [5, 5.41) is 2.19. The van der Waals surface area contributed by atoms with Gasteiger partial charge in [0, 0.05) is 10.5 Å². The Bertz CT molecular complexity index is 96.3. The van der Waals surface area contributed by atoms with Gasteiger partial charge in [0.05, 0.1) is 0 Å². The van der Waals surface area contributed by atoms with Gasteiger partial charge in [-0.25, -0.2) is 0 Å². The Labute approximate surface area is 66.8 Å². The molecule has 2 heterocycles. The van der Waals surface area contributed by atoms with Gasteiger partial charge in [0.1, 0.15) is 0 Å². The smallest absolute Gasteiger partial charge is 0.00551 e. The molecule has 1 heteroatoms. The van der Waals surface area contributed by atoms with Gasteiger partial charge in [-0.3, -0.25) is 0 Å². The van der Waals surface area contributed by atoms with E-state index in [1.807, 2.05) is 0 Å². The number of hydrogen-bond donors (Lipinski definition) is 0. The molecule has 0 unspecified atom stereocenters.